The third-order valence-corrected chi connectivity index (χ3v) is 7.14. The zero-order chi connectivity index (χ0) is 18.7. The molecule has 1 aromatic carbocycles. The number of methoxy groups -OCH3 is 1. The largest absolute Gasteiger partial charge is 0.385 e. The number of carbonyl (C=O) groups is 1. The summed E-state index contributed by atoms with van der Waals surface area (Å²) in [5.74, 6) is -0.820. The Morgan fingerprint density at radius 1 is 1.28 bits per heavy atom. The Hall–Kier alpha value is -1.49. The van der Waals surface area contributed by atoms with Gasteiger partial charge in [0.1, 0.15) is 0 Å². The summed E-state index contributed by atoms with van der Waals surface area (Å²) in [6.07, 6.45) is 1.24. The topological polar surface area (TPSA) is 110 Å². The van der Waals surface area contributed by atoms with Gasteiger partial charge in [0, 0.05) is 26.7 Å². The van der Waals surface area contributed by atoms with E-state index in [0.29, 0.717) is 22.9 Å². The van der Waals surface area contributed by atoms with Crippen LogP contribution in [-0.2, 0) is 29.6 Å². The molecule has 2 rings (SSSR count). The van der Waals surface area contributed by atoms with Gasteiger partial charge in [-0.05, 0) is 37.5 Å². The SMILES string of the molecule is COCCCCNS(=O)(=O)c1cc(N2C(=O)CCS2(=O)=O)ccc1C. The van der Waals surface area contributed by atoms with Gasteiger partial charge in [-0.1, -0.05) is 6.07 Å². The molecule has 0 unspecified atom stereocenters. The lowest BCUT2D eigenvalue weighted by Crippen LogP contribution is -2.30. The van der Waals surface area contributed by atoms with Crippen molar-refractivity contribution in [2.45, 2.75) is 31.1 Å². The standard InChI is InChI=1S/C15H22N2O6S2/c1-12-5-6-13(17-15(18)7-10-24(17,19)20)11-14(12)25(21,22)16-8-3-4-9-23-2/h5-6,11,16H,3-4,7-10H2,1-2H3. The van der Waals surface area contributed by atoms with Crippen LogP contribution in [0.2, 0.25) is 0 Å². The van der Waals surface area contributed by atoms with E-state index >= 15 is 0 Å². The number of nitrogens with one attached hydrogen (secondary N) is 1. The molecular formula is C15H22N2O6S2. The summed E-state index contributed by atoms with van der Waals surface area (Å²) in [6.45, 7) is 2.41. The van der Waals surface area contributed by atoms with Crippen molar-refractivity contribution in [3.8, 4) is 0 Å². The highest BCUT2D eigenvalue weighted by Gasteiger charge is 2.36. The molecule has 0 radical (unpaired) electrons. The average molecular weight is 390 g/mol. The van der Waals surface area contributed by atoms with Crippen LogP contribution < -0.4 is 9.03 Å². The Morgan fingerprint density at radius 3 is 2.60 bits per heavy atom. The van der Waals surface area contributed by atoms with Crippen LogP contribution in [0.25, 0.3) is 0 Å². The van der Waals surface area contributed by atoms with Crippen LogP contribution in [0.4, 0.5) is 5.69 Å². The first kappa shape index (κ1) is 19.8. The van der Waals surface area contributed by atoms with E-state index in [9.17, 15) is 21.6 Å². The van der Waals surface area contributed by atoms with Crippen LogP contribution in [0.15, 0.2) is 23.1 Å². The molecule has 1 amide bonds. The Morgan fingerprint density at radius 2 is 2.00 bits per heavy atom. The molecule has 1 aliphatic rings. The molecule has 140 valence electrons. The van der Waals surface area contributed by atoms with Gasteiger partial charge in [0.05, 0.1) is 16.3 Å². The zero-order valence-electron chi connectivity index (χ0n) is 14.2. The number of benzene rings is 1. The smallest absolute Gasteiger partial charge is 0.242 e. The number of ether oxygens (including phenoxy) is 1. The first-order valence-electron chi connectivity index (χ1n) is 7.84. The van der Waals surface area contributed by atoms with Crippen molar-refractivity contribution < 1.29 is 26.4 Å². The lowest BCUT2D eigenvalue weighted by atomic mass is 10.2. The van der Waals surface area contributed by atoms with E-state index in [4.69, 9.17) is 4.74 Å². The van der Waals surface area contributed by atoms with Crippen LogP contribution >= 0.6 is 0 Å². The molecule has 1 fully saturated rings. The van der Waals surface area contributed by atoms with Crippen molar-refractivity contribution in [1.82, 2.24) is 4.72 Å². The van der Waals surface area contributed by atoms with Crippen LogP contribution in [0.3, 0.4) is 0 Å². The molecule has 0 aliphatic carbocycles. The molecule has 0 aromatic heterocycles. The normalized spacial score (nSPS) is 17.2. The summed E-state index contributed by atoms with van der Waals surface area (Å²) in [7, 11) is -5.97. The Kier molecular flexibility index (Phi) is 6.20. The molecule has 1 saturated heterocycles. The summed E-state index contributed by atoms with van der Waals surface area (Å²) in [6, 6.07) is 4.16. The summed E-state index contributed by atoms with van der Waals surface area (Å²) in [5.41, 5.74) is 0.519. The minimum Gasteiger partial charge on any atom is -0.385 e. The molecule has 25 heavy (non-hydrogen) atoms. The van der Waals surface area contributed by atoms with Crippen molar-refractivity contribution >= 4 is 31.6 Å². The number of rotatable bonds is 8. The molecule has 1 N–H and O–H groups in total. The van der Waals surface area contributed by atoms with Gasteiger partial charge in [0.15, 0.2) is 0 Å². The fourth-order valence-electron chi connectivity index (χ4n) is 2.53. The zero-order valence-corrected chi connectivity index (χ0v) is 15.8. The number of amides is 1. The molecule has 8 nitrogen and oxygen atoms in total. The molecule has 1 aromatic rings. The Labute approximate surface area is 148 Å². The van der Waals surface area contributed by atoms with E-state index in [0.717, 1.165) is 6.42 Å². The Balaban J connectivity index is 2.25. The molecule has 0 saturated carbocycles. The summed E-state index contributed by atoms with van der Waals surface area (Å²) in [4.78, 5) is 11.8. The van der Waals surface area contributed by atoms with E-state index in [-0.39, 0.29) is 29.3 Å². The highest BCUT2D eigenvalue weighted by molar-refractivity contribution is 7.94. The van der Waals surface area contributed by atoms with Gasteiger partial charge >= 0.3 is 0 Å². The second-order valence-corrected chi connectivity index (χ2v) is 9.44. The molecule has 1 heterocycles. The second kappa shape index (κ2) is 7.81. The number of sulfonamides is 2. The van der Waals surface area contributed by atoms with E-state index in [2.05, 4.69) is 4.72 Å². The van der Waals surface area contributed by atoms with Crippen LogP contribution in [-0.4, -0.2) is 48.8 Å². The first-order valence-corrected chi connectivity index (χ1v) is 10.9. The average Bonchev–Trinajstić information content (AvgIpc) is 2.81. The van der Waals surface area contributed by atoms with Gasteiger partial charge in [0.25, 0.3) is 0 Å². The predicted molar refractivity (Wildman–Crippen MR) is 93.4 cm³/mol. The van der Waals surface area contributed by atoms with Crippen molar-refractivity contribution in [2.24, 2.45) is 0 Å². The molecule has 10 heteroatoms. The maximum Gasteiger partial charge on any atom is 0.242 e. The van der Waals surface area contributed by atoms with E-state index in [1.54, 1.807) is 14.0 Å². The van der Waals surface area contributed by atoms with E-state index in [1.807, 2.05) is 0 Å². The fourth-order valence-corrected chi connectivity index (χ4v) is 5.32. The second-order valence-electron chi connectivity index (χ2n) is 5.77. The van der Waals surface area contributed by atoms with Gasteiger partial charge in [0.2, 0.25) is 26.0 Å². The van der Waals surface area contributed by atoms with E-state index in [1.165, 1.54) is 18.2 Å². The predicted octanol–water partition coefficient (Wildman–Crippen LogP) is 0.766. The van der Waals surface area contributed by atoms with Gasteiger partial charge < -0.3 is 4.74 Å². The van der Waals surface area contributed by atoms with Crippen molar-refractivity contribution in [3.63, 3.8) is 0 Å². The number of aryl methyl sites for hydroxylation is 1. The number of hydrogen-bond donors (Lipinski definition) is 1. The summed E-state index contributed by atoms with van der Waals surface area (Å²) >= 11 is 0. The minimum atomic E-state index is -3.81. The number of nitrogens with zero attached hydrogens (tertiary/aromatic N) is 1. The number of unbranched alkanes of at least 4 members (excludes halogenated alkanes) is 1. The maximum absolute atomic E-state index is 12.5. The van der Waals surface area contributed by atoms with E-state index < -0.39 is 26.0 Å². The van der Waals surface area contributed by atoms with Gasteiger partial charge in [-0.25, -0.2) is 25.9 Å². The lowest BCUT2D eigenvalue weighted by molar-refractivity contribution is -0.116. The van der Waals surface area contributed by atoms with Crippen LogP contribution in [0.1, 0.15) is 24.8 Å². The van der Waals surface area contributed by atoms with Gasteiger partial charge in [-0.15, -0.1) is 0 Å². The third-order valence-electron chi connectivity index (χ3n) is 3.84. The molecule has 0 spiro atoms. The highest BCUT2D eigenvalue weighted by Crippen LogP contribution is 2.28. The van der Waals surface area contributed by atoms with Crippen molar-refractivity contribution in [1.29, 1.82) is 0 Å². The summed E-state index contributed by atoms with van der Waals surface area (Å²) in [5, 5.41) is 0. The third kappa shape index (κ3) is 4.57. The molecular weight excluding hydrogens is 368 g/mol. The monoisotopic (exact) mass is 390 g/mol. The lowest BCUT2D eigenvalue weighted by Gasteiger charge is -2.17. The van der Waals surface area contributed by atoms with Crippen LogP contribution in [0.5, 0.6) is 0 Å². The minimum absolute atomic E-state index is 0.0355. The first-order chi connectivity index (χ1) is 11.7. The van der Waals surface area contributed by atoms with Crippen molar-refractivity contribution in [2.75, 3.05) is 30.3 Å². The van der Waals surface area contributed by atoms with Gasteiger partial charge in [-0.2, -0.15) is 0 Å². The number of hydrogen-bond acceptors (Lipinski definition) is 6. The highest BCUT2D eigenvalue weighted by atomic mass is 32.2. The fraction of sp³-hybridized carbons (Fsp3) is 0.533. The van der Waals surface area contributed by atoms with Crippen LogP contribution in [0, 0.1) is 6.92 Å². The molecule has 0 atom stereocenters. The van der Waals surface area contributed by atoms with Crippen molar-refractivity contribution in [3.05, 3.63) is 23.8 Å². The number of anilines is 1. The number of carbonyl (C=O) groups excluding carboxylic acids is 1. The molecule has 0 bridgehead atoms. The molecule has 1 aliphatic heterocycles. The quantitative estimate of drug-likeness (QED) is 0.657. The summed E-state index contributed by atoms with van der Waals surface area (Å²) < 4.78 is 57.1. The maximum atomic E-state index is 12.5. The van der Waals surface area contributed by atoms with Gasteiger partial charge in [-0.3, -0.25) is 4.79 Å². The Bertz CT molecular complexity index is 849.